The summed E-state index contributed by atoms with van der Waals surface area (Å²) in [5.41, 5.74) is 2.31. The Balaban J connectivity index is 1.64. The van der Waals surface area contributed by atoms with Crippen molar-refractivity contribution < 1.29 is 19.1 Å². The summed E-state index contributed by atoms with van der Waals surface area (Å²) < 4.78 is 5.95. The minimum absolute atomic E-state index is 0.00998. The van der Waals surface area contributed by atoms with Gasteiger partial charge in [0.05, 0.1) is 7.11 Å². The lowest BCUT2D eigenvalue weighted by Gasteiger charge is -2.09. The zero-order valence-electron chi connectivity index (χ0n) is 16.6. The molecule has 0 bridgehead atoms. The van der Waals surface area contributed by atoms with Gasteiger partial charge in [0.1, 0.15) is 5.75 Å². The predicted octanol–water partition coefficient (Wildman–Crippen LogP) is 4.26. The molecular formula is C22H25BrN2O4. The molecule has 0 atom stereocenters. The lowest BCUT2D eigenvalue weighted by molar-refractivity contribution is -0.121. The van der Waals surface area contributed by atoms with E-state index in [1.165, 1.54) is 0 Å². The van der Waals surface area contributed by atoms with Crippen LogP contribution in [-0.2, 0) is 9.59 Å². The Kier molecular flexibility index (Phi) is 8.86. The molecule has 2 amide bonds. The number of amides is 2. The SMILES string of the molecule is COc1ccc(C(=O)CCCC(=O)NCCC(=O)Nc2cc(Br)ccc2C)cc1. The first-order valence-electron chi connectivity index (χ1n) is 9.39. The Morgan fingerprint density at radius 1 is 0.966 bits per heavy atom. The van der Waals surface area contributed by atoms with Crippen LogP contribution in [0.1, 0.15) is 41.6 Å². The molecule has 29 heavy (non-hydrogen) atoms. The number of hydrogen-bond acceptors (Lipinski definition) is 4. The molecule has 0 aliphatic rings. The van der Waals surface area contributed by atoms with Gasteiger partial charge in [0, 0.05) is 41.5 Å². The van der Waals surface area contributed by atoms with Crippen molar-refractivity contribution in [3.63, 3.8) is 0 Å². The van der Waals surface area contributed by atoms with E-state index in [1.807, 2.05) is 25.1 Å². The first-order valence-corrected chi connectivity index (χ1v) is 10.2. The third-order valence-electron chi connectivity index (χ3n) is 4.37. The summed E-state index contributed by atoms with van der Waals surface area (Å²) in [6.07, 6.45) is 1.18. The van der Waals surface area contributed by atoms with Crippen molar-refractivity contribution in [1.29, 1.82) is 0 Å². The standard InChI is InChI=1S/C22H25BrN2O4/c1-15-6-9-17(23)14-19(15)25-22(28)12-13-24-21(27)5-3-4-20(26)16-7-10-18(29-2)11-8-16/h6-11,14H,3-5,12-13H2,1-2H3,(H,24,27)(H,25,28). The molecule has 0 fully saturated rings. The number of nitrogens with one attached hydrogen (secondary N) is 2. The van der Waals surface area contributed by atoms with Crippen LogP contribution in [0.4, 0.5) is 5.69 Å². The van der Waals surface area contributed by atoms with Gasteiger partial charge in [0.2, 0.25) is 11.8 Å². The van der Waals surface area contributed by atoms with Gasteiger partial charge < -0.3 is 15.4 Å². The number of anilines is 1. The predicted molar refractivity (Wildman–Crippen MR) is 116 cm³/mol. The normalized spacial score (nSPS) is 10.3. The summed E-state index contributed by atoms with van der Waals surface area (Å²) >= 11 is 3.38. The smallest absolute Gasteiger partial charge is 0.226 e. The monoisotopic (exact) mass is 460 g/mol. The number of Topliss-reactive ketones (excluding diaryl/α,β-unsaturated/α-hetero) is 1. The van der Waals surface area contributed by atoms with E-state index in [0.29, 0.717) is 24.2 Å². The van der Waals surface area contributed by atoms with E-state index in [0.717, 1.165) is 15.7 Å². The highest BCUT2D eigenvalue weighted by molar-refractivity contribution is 9.10. The summed E-state index contributed by atoms with van der Waals surface area (Å²) in [5, 5.41) is 5.55. The zero-order chi connectivity index (χ0) is 21.2. The van der Waals surface area contributed by atoms with Crippen LogP contribution in [0.25, 0.3) is 0 Å². The maximum atomic E-state index is 12.1. The molecule has 0 heterocycles. The largest absolute Gasteiger partial charge is 0.497 e. The van der Waals surface area contributed by atoms with Crippen molar-refractivity contribution in [1.82, 2.24) is 5.32 Å². The third kappa shape index (κ3) is 7.69. The van der Waals surface area contributed by atoms with E-state index >= 15 is 0 Å². The molecule has 0 saturated heterocycles. The number of halogens is 1. The van der Waals surface area contributed by atoms with E-state index in [-0.39, 0.29) is 37.0 Å². The van der Waals surface area contributed by atoms with Gasteiger partial charge in [-0.25, -0.2) is 0 Å². The van der Waals surface area contributed by atoms with Gasteiger partial charge >= 0.3 is 0 Å². The molecule has 2 aromatic rings. The summed E-state index contributed by atoms with van der Waals surface area (Å²) in [4.78, 5) is 36.1. The molecule has 154 valence electrons. The van der Waals surface area contributed by atoms with Crippen LogP contribution >= 0.6 is 15.9 Å². The van der Waals surface area contributed by atoms with E-state index < -0.39 is 0 Å². The summed E-state index contributed by atoms with van der Waals surface area (Å²) in [6.45, 7) is 2.17. The van der Waals surface area contributed by atoms with E-state index in [2.05, 4.69) is 26.6 Å². The Morgan fingerprint density at radius 3 is 2.38 bits per heavy atom. The van der Waals surface area contributed by atoms with E-state index in [4.69, 9.17) is 4.74 Å². The second-order valence-corrected chi connectivity index (χ2v) is 7.53. The second kappa shape index (κ2) is 11.4. The molecule has 0 aliphatic carbocycles. The quantitative estimate of drug-likeness (QED) is 0.518. The molecule has 0 aromatic heterocycles. The average molecular weight is 461 g/mol. The van der Waals surface area contributed by atoms with Crippen LogP contribution in [0.3, 0.4) is 0 Å². The molecule has 0 spiro atoms. The number of carbonyl (C=O) groups is 3. The van der Waals surface area contributed by atoms with Gasteiger partial charge in [-0.15, -0.1) is 0 Å². The van der Waals surface area contributed by atoms with Crippen molar-refractivity contribution >= 4 is 39.2 Å². The van der Waals surface area contributed by atoms with E-state index in [9.17, 15) is 14.4 Å². The molecule has 2 rings (SSSR count). The maximum absolute atomic E-state index is 12.1. The van der Waals surface area contributed by atoms with Gasteiger partial charge in [-0.1, -0.05) is 22.0 Å². The van der Waals surface area contributed by atoms with Crippen molar-refractivity contribution in [3.8, 4) is 5.75 Å². The van der Waals surface area contributed by atoms with Gasteiger partial charge in [0.25, 0.3) is 0 Å². The summed E-state index contributed by atoms with van der Waals surface area (Å²) in [6, 6.07) is 12.6. The molecule has 0 aliphatic heterocycles. The molecule has 7 heteroatoms. The first kappa shape index (κ1) is 22.6. The molecule has 2 N–H and O–H groups in total. The highest BCUT2D eigenvalue weighted by Gasteiger charge is 2.09. The minimum atomic E-state index is -0.168. The molecule has 0 unspecified atom stereocenters. The lowest BCUT2D eigenvalue weighted by atomic mass is 10.1. The van der Waals surface area contributed by atoms with Crippen molar-refractivity contribution in [3.05, 3.63) is 58.1 Å². The van der Waals surface area contributed by atoms with Crippen molar-refractivity contribution in [2.24, 2.45) is 0 Å². The van der Waals surface area contributed by atoms with Gasteiger partial charge in [-0.2, -0.15) is 0 Å². The number of carbonyl (C=O) groups excluding carboxylic acids is 3. The summed E-state index contributed by atoms with van der Waals surface area (Å²) in [7, 11) is 1.57. The fraction of sp³-hybridized carbons (Fsp3) is 0.318. The lowest BCUT2D eigenvalue weighted by Crippen LogP contribution is -2.27. The number of benzene rings is 2. The Hall–Kier alpha value is -2.67. The average Bonchev–Trinajstić information content (AvgIpc) is 2.70. The topological polar surface area (TPSA) is 84.5 Å². The molecule has 6 nitrogen and oxygen atoms in total. The minimum Gasteiger partial charge on any atom is -0.497 e. The van der Waals surface area contributed by atoms with Crippen LogP contribution < -0.4 is 15.4 Å². The van der Waals surface area contributed by atoms with Crippen LogP contribution in [-0.4, -0.2) is 31.3 Å². The highest BCUT2D eigenvalue weighted by Crippen LogP contribution is 2.20. The molecule has 0 saturated carbocycles. The first-order chi connectivity index (χ1) is 13.9. The van der Waals surface area contributed by atoms with Gasteiger partial charge in [-0.05, 0) is 55.3 Å². The number of methoxy groups -OCH3 is 1. The molecule has 2 aromatic carbocycles. The number of ketones is 1. The van der Waals surface area contributed by atoms with Crippen molar-refractivity contribution in [2.75, 3.05) is 19.0 Å². The fourth-order valence-corrected chi connectivity index (χ4v) is 3.04. The van der Waals surface area contributed by atoms with Crippen LogP contribution in [0.5, 0.6) is 5.75 Å². The number of aryl methyl sites for hydroxylation is 1. The fourth-order valence-electron chi connectivity index (χ4n) is 2.68. The third-order valence-corrected chi connectivity index (χ3v) is 4.86. The van der Waals surface area contributed by atoms with Crippen LogP contribution in [0.15, 0.2) is 46.9 Å². The maximum Gasteiger partial charge on any atom is 0.226 e. The number of rotatable bonds is 10. The highest BCUT2D eigenvalue weighted by atomic mass is 79.9. The summed E-state index contributed by atoms with van der Waals surface area (Å²) in [5.74, 6) is 0.351. The number of ether oxygens (including phenoxy) is 1. The van der Waals surface area contributed by atoms with E-state index in [1.54, 1.807) is 31.4 Å². The Labute approximate surface area is 179 Å². The molecule has 0 radical (unpaired) electrons. The Morgan fingerprint density at radius 2 is 1.69 bits per heavy atom. The second-order valence-electron chi connectivity index (χ2n) is 6.61. The van der Waals surface area contributed by atoms with Gasteiger partial charge in [0.15, 0.2) is 5.78 Å². The zero-order valence-corrected chi connectivity index (χ0v) is 18.2. The van der Waals surface area contributed by atoms with Crippen LogP contribution in [0, 0.1) is 6.92 Å². The van der Waals surface area contributed by atoms with Crippen molar-refractivity contribution in [2.45, 2.75) is 32.6 Å². The van der Waals surface area contributed by atoms with Gasteiger partial charge in [-0.3, -0.25) is 14.4 Å². The number of hydrogen-bond donors (Lipinski definition) is 2. The molecular weight excluding hydrogens is 436 g/mol. The Bertz CT molecular complexity index is 866. The van der Waals surface area contributed by atoms with Crippen LogP contribution in [0.2, 0.25) is 0 Å².